The average Bonchev–Trinajstić information content (AvgIpc) is 2.91. The molecule has 1 unspecified atom stereocenters. The summed E-state index contributed by atoms with van der Waals surface area (Å²) in [6.07, 6.45) is 5.40. The van der Waals surface area contributed by atoms with Crippen LogP contribution < -0.4 is 4.74 Å². The number of hydrogen-bond acceptors (Lipinski definition) is 4. The topological polar surface area (TPSA) is 52.6 Å². The predicted octanol–water partition coefficient (Wildman–Crippen LogP) is 4.41. The number of ketones is 1. The Morgan fingerprint density at radius 2 is 2.16 bits per heavy atom. The lowest BCUT2D eigenvalue weighted by atomic mass is 9.73. The summed E-state index contributed by atoms with van der Waals surface area (Å²) in [4.78, 5) is 23.4. The summed E-state index contributed by atoms with van der Waals surface area (Å²) in [5.41, 5.74) is 2.29. The van der Waals surface area contributed by atoms with Gasteiger partial charge in [-0.25, -0.2) is 4.79 Å². The number of rotatable bonds is 5. The van der Waals surface area contributed by atoms with E-state index in [9.17, 15) is 9.59 Å². The van der Waals surface area contributed by atoms with E-state index < -0.39 is 5.97 Å². The molecule has 0 aliphatic heterocycles. The van der Waals surface area contributed by atoms with E-state index in [0.29, 0.717) is 30.0 Å². The monoisotopic (exact) mass is 380 g/mol. The fraction of sp³-hybridized carbons (Fsp3) is 0.368. The molecule has 0 amide bonds. The summed E-state index contributed by atoms with van der Waals surface area (Å²) in [5.74, 6) is -0.0573. The lowest BCUT2D eigenvalue weighted by molar-refractivity contribution is -0.145. The minimum atomic E-state index is -0.472. The van der Waals surface area contributed by atoms with E-state index in [1.54, 1.807) is 19.1 Å². The quantitative estimate of drug-likeness (QED) is 0.560. The first kappa shape index (κ1) is 18.0. The van der Waals surface area contributed by atoms with Crippen LogP contribution in [0.15, 0.2) is 24.8 Å². The third-order valence-electron chi connectivity index (χ3n) is 4.73. The van der Waals surface area contributed by atoms with Gasteiger partial charge in [-0.2, -0.15) is 0 Å². The second-order valence-electron chi connectivity index (χ2n) is 6.19. The Kier molecular flexibility index (Phi) is 4.94. The highest BCUT2D eigenvalue weighted by Crippen LogP contribution is 2.56. The standard InChI is InChI=1S/C19H18Cl2O4/c1-3-19-6-5-12(22)8-13(19)16-11(9-19)7-14(17(20)18(16)21)25-10-15(23)24-4-2/h3,7-8H,1,4-6,9-10H2,2H3. The molecule has 1 aromatic rings. The molecule has 25 heavy (non-hydrogen) atoms. The second-order valence-corrected chi connectivity index (χ2v) is 6.95. The molecule has 132 valence electrons. The molecule has 3 rings (SSSR count). The van der Waals surface area contributed by atoms with Crippen LogP contribution in [0.25, 0.3) is 5.57 Å². The summed E-state index contributed by atoms with van der Waals surface area (Å²) in [6, 6.07) is 1.79. The van der Waals surface area contributed by atoms with Gasteiger partial charge in [0.2, 0.25) is 0 Å². The summed E-state index contributed by atoms with van der Waals surface area (Å²) in [5, 5.41) is 0.561. The highest BCUT2D eigenvalue weighted by atomic mass is 35.5. The molecule has 0 N–H and O–H groups in total. The van der Waals surface area contributed by atoms with Crippen molar-refractivity contribution in [3.63, 3.8) is 0 Å². The van der Waals surface area contributed by atoms with Crippen LogP contribution in [0.5, 0.6) is 5.75 Å². The van der Waals surface area contributed by atoms with Gasteiger partial charge in [-0.05, 0) is 43.0 Å². The maximum atomic E-state index is 11.9. The highest BCUT2D eigenvalue weighted by molar-refractivity contribution is 6.44. The molecule has 0 bridgehead atoms. The Balaban J connectivity index is 2.00. The van der Waals surface area contributed by atoms with E-state index in [1.165, 1.54) is 0 Å². The van der Waals surface area contributed by atoms with Gasteiger partial charge >= 0.3 is 5.97 Å². The molecule has 1 atom stereocenters. The Bertz CT molecular complexity index is 797. The Morgan fingerprint density at radius 1 is 1.40 bits per heavy atom. The van der Waals surface area contributed by atoms with Crippen LogP contribution in [-0.2, 0) is 20.7 Å². The van der Waals surface area contributed by atoms with Crippen molar-refractivity contribution in [2.75, 3.05) is 13.2 Å². The minimum Gasteiger partial charge on any atom is -0.480 e. The number of allylic oxidation sites excluding steroid dienone is 3. The molecule has 4 nitrogen and oxygen atoms in total. The number of fused-ring (bicyclic) bond motifs is 3. The summed E-state index contributed by atoms with van der Waals surface area (Å²) in [7, 11) is 0. The molecule has 2 aliphatic carbocycles. The zero-order chi connectivity index (χ0) is 18.2. The molecule has 0 saturated carbocycles. The van der Waals surface area contributed by atoms with Gasteiger partial charge in [-0.15, -0.1) is 6.58 Å². The molecule has 0 aromatic heterocycles. The first-order chi connectivity index (χ1) is 11.9. The van der Waals surface area contributed by atoms with E-state index in [-0.39, 0.29) is 29.4 Å². The molecule has 0 saturated heterocycles. The molecule has 0 radical (unpaired) electrons. The molecule has 6 heteroatoms. The van der Waals surface area contributed by atoms with Crippen LogP contribution in [0.4, 0.5) is 0 Å². The third-order valence-corrected chi connectivity index (χ3v) is 5.58. The molecule has 2 aliphatic rings. The molecular weight excluding hydrogens is 363 g/mol. The fourth-order valence-electron chi connectivity index (χ4n) is 3.51. The summed E-state index contributed by atoms with van der Waals surface area (Å²) < 4.78 is 10.3. The first-order valence-corrected chi connectivity index (χ1v) is 8.85. The predicted molar refractivity (Wildman–Crippen MR) is 97.1 cm³/mol. The van der Waals surface area contributed by atoms with Crippen molar-refractivity contribution in [3.05, 3.63) is 46.0 Å². The Morgan fingerprint density at radius 3 is 2.84 bits per heavy atom. The smallest absolute Gasteiger partial charge is 0.344 e. The number of benzene rings is 1. The van der Waals surface area contributed by atoms with Crippen molar-refractivity contribution in [2.45, 2.75) is 26.2 Å². The van der Waals surface area contributed by atoms with E-state index in [0.717, 1.165) is 16.7 Å². The molecular formula is C19H18Cl2O4. The number of carbonyl (C=O) groups is 2. The van der Waals surface area contributed by atoms with Crippen LogP contribution in [0, 0.1) is 5.41 Å². The van der Waals surface area contributed by atoms with Crippen molar-refractivity contribution in [1.29, 1.82) is 0 Å². The molecule has 1 aromatic carbocycles. The first-order valence-electron chi connectivity index (χ1n) is 8.10. The lowest BCUT2D eigenvalue weighted by Gasteiger charge is -2.30. The van der Waals surface area contributed by atoms with Crippen LogP contribution in [0.1, 0.15) is 30.9 Å². The number of esters is 1. The fourth-order valence-corrected chi connectivity index (χ4v) is 4.03. The van der Waals surface area contributed by atoms with Crippen molar-refractivity contribution >= 4 is 40.5 Å². The number of halogens is 2. The average molecular weight is 381 g/mol. The van der Waals surface area contributed by atoms with Crippen molar-refractivity contribution in [1.82, 2.24) is 0 Å². The zero-order valence-corrected chi connectivity index (χ0v) is 15.4. The molecule has 0 heterocycles. The maximum absolute atomic E-state index is 11.9. The van der Waals surface area contributed by atoms with E-state index in [4.69, 9.17) is 32.7 Å². The van der Waals surface area contributed by atoms with E-state index in [2.05, 4.69) is 6.58 Å². The van der Waals surface area contributed by atoms with Gasteiger partial charge in [0, 0.05) is 17.4 Å². The van der Waals surface area contributed by atoms with Crippen LogP contribution in [0.2, 0.25) is 10.0 Å². The van der Waals surface area contributed by atoms with Crippen molar-refractivity contribution in [3.8, 4) is 5.75 Å². The summed E-state index contributed by atoms with van der Waals surface area (Å²) >= 11 is 12.8. The Labute approximate surface area is 156 Å². The number of ether oxygens (including phenoxy) is 2. The largest absolute Gasteiger partial charge is 0.480 e. The van der Waals surface area contributed by atoms with Crippen LogP contribution >= 0.6 is 23.2 Å². The van der Waals surface area contributed by atoms with Gasteiger partial charge in [0.15, 0.2) is 12.4 Å². The van der Waals surface area contributed by atoms with Gasteiger partial charge in [0.1, 0.15) is 10.8 Å². The highest BCUT2D eigenvalue weighted by Gasteiger charge is 2.44. The minimum absolute atomic E-state index is 0.0788. The summed E-state index contributed by atoms with van der Waals surface area (Å²) in [6.45, 7) is 5.73. The van der Waals surface area contributed by atoms with Gasteiger partial charge in [0.25, 0.3) is 0 Å². The molecule has 0 fully saturated rings. The maximum Gasteiger partial charge on any atom is 0.344 e. The van der Waals surface area contributed by atoms with Gasteiger partial charge in [0.05, 0.1) is 11.6 Å². The normalized spacial score (nSPS) is 21.2. The van der Waals surface area contributed by atoms with Crippen LogP contribution in [0.3, 0.4) is 0 Å². The second kappa shape index (κ2) is 6.85. The third kappa shape index (κ3) is 3.09. The van der Waals surface area contributed by atoms with Crippen molar-refractivity contribution in [2.24, 2.45) is 5.41 Å². The molecule has 0 spiro atoms. The van der Waals surface area contributed by atoms with E-state index >= 15 is 0 Å². The van der Waals surface area contributed by atoms with Crippen molar-refractivity contribution < 1.29 is 19.1 Å². The zero-order valence-electron chi connectivity index (χ0n) is 13.9. The Hall–Kier alpha value is -1.78. The van der Waals surface area contributed by atoms with E-state index in [1.807, 2.05) is 6.08 Å². The lowest BCUT2D eigenvalue weighted by Crippen LogP contribution is -2.23. The number of hydrogen-bond donors (Lipinski definition) is 0. The SMILES string of the molecule is C=CC12CCC(=O)C=C1c1c(cc(OCC(=O)OCC)c(Cl)c1Cl)C2. The van der Waals surface area contributed by atoms with Gasteiger partial charge in [-0.1, -0.05) is 29.3 Å². The van der Waals surface area contributed by atoms with Gasteiger partial charge in [-0.3, -0.25) is 4.79 Å². The van der Waals surface area contributed by atoms with Gasteiger partial charge < -0.3 is 9.47 Å². The number of carbonyl (C=O) groups excluding carboxylic acids is 2. The van der Waals surface area contributed by atoms with Crippen LogP contribution in [-0.4, -0.2) is 25.0 Å².